The molecule has 0 unspecified atom stereocenters. The average Bonchev–Trinajstić information content (AvgIpc) is 3.12. The van der Waals surface area contributed by atoms with Crippen LogP contribution in [-0.2, 0) is 6.54 Å². The summed E-state index contributed by atoms with van der Waals surface area (Å²) in [4.78, 5) is 8.67. The SMILES string of the molecule is CN=C(NCCCCSC)NCc1ccc(OC2CCCC2)nc1.I. The predicted molar refractivity (Wildman–Crippen MR) is 118 cm³/mol. The number of hydrogen-bond acceptors (Lipinski definition) is 4. The van der Waals surface area contributed by atoms with E-state index < -0.39 is 0 Å². The number of hydrogen-bond donors (Lipinski definition) is 2. The Balaban J connectivity index is 0.00000312. The van der Waals surface area contributed by atoms with Crippen LogP contribution in [0.15, 0.2) is 23.3 Å². The number of halogens is 1. The maximum atomic E-state index is 5.89. The fourth-order valence-corrected chi connectivity index (χ4v) is 3.24. The molecule has 7 heteroatoms. The molecule has 0 aliphatic heterocycles. The number of nitrogens with zero attached hydrogens (tertiary/aromatic N) is 2. The first-order valence-electron chi connectivity index (χ1n) is 8.87. The lowest BCUT2D eigenvalue weighted by atomic mass is 10.3. The van der Waals surface area contributed by atoms with E-state index in [1.165, 1.54) is 25.0 Å². The minimum atomic E-state index is 0. The highest BCUT2D eigenvalue weighted by Crippen LogP contribution is 2.22. The lowest BCUT2D eigenvalue weighted by Crippen LogP contribution is -2.37. The third-order valence-electron chi connectivity index (χ3n) is 4.14. The van der Waals surface area contributed by atoms with Crippen LogP contribution in [-0.4, -0.2) is 42.6 Å². The summed E-state index contributed by atoms with van der Waals surface area (Å²) in [6.07, 6.45) is 11.6. The standard InChI is InChI=1S/C18H30N4OS.HI/c1-19-18(20-11-5-6-12-24-2)22-14-15-9-10-17(21-13-15)23-16-7-3-4-8-16;/h9-10,13,16H,3-8,11-12,14H2,1-2H3,(H2,19,20,22);1H. The van der Waals surface area contributed by atoms with Crippen molar-refractivity contribution in [2.45, 2.75) is 51.2 Å². The van der Waals surface area contributed by atoms with E-state index in [4.69, 9.17) is 4.74 Å². The molecular weight excluding hydrogens is 447 g/mol. The molecule has 0 radical (unpaired) electrons. The van der Waals surface area contributed by atoms with Gasteiger partial charge in [-0.3, -0.25) is 4.99 Å². The maximum absolute atomic E-state index is 5.89. The molecule has 0 amide bonds. The van der Waals surface area contributed by atoms with Crippen molar-refractivity contribution in [1.29, 1.82) is 0 Å². The number of aliphatic imine (C=N–C) groups is 1. The summed E-state index contributed by atoms with van der Waals surface area (Å²) in [6.45, 7) is 1.66. The zero-order valence-corrected chi connectivity index (χ0v) is 18.4. The predicted octanol–water partition coefficient (Wildman–Crippen LogP) is 3.83. The molecule has 1 heterocycles. The largest absolute Gasteiger partial charge is 0.474 e. The Kier molecular flexibility index (Phi) is 12.1. The van der Waals surface area contributed by atoms with Crippen LogP contribution in [0.4, 0.5) is 0 Å². The molecule has 5 nitrogen and oxygen atoms in total. The lowest BCUT2D eigenvalue weighted by molar-refractivity contribution is 0.201. The number of unbranched alkanes of at least 4 members (excludes halogenated alkanes) is 1. The van der Waals surface area contributed by atoms with Crippen LogP contribution < -0.4 is 15.4 Å². The highest BCUT2D eigenvalue weighted by Gasteiger charge is 2.16. The molecular formula is C18H31IN4OS. The van der Waals surface area contributed by atoms with Crippen LogP contribution in [0.3, 0.4) is 0 Å². The summed E-state index contributed by atoms with van der Waals surface area (Å²) >= 11 is 1.89. The van der Waals surface area contributed by atoms with Crippen molar-refractivity contribution >= 4 is 41.7 Å². The smallest absolute Gasteiger partial charge is 0.213 e. The molecule has 2 N–H and O–H groups in total. The zero-order chi connectivity index (χ0) is 17.0. The van der Waals surface area contributed by atoms with Gasteiger partial charge in [-0.1, -0.05) is 6.07 Å². The molecule has 1 fully saturated rings. The van der Waals surface area contributed by atoms with Gasteiger partial charge in [0.1, 0.15) is 6.10 Å². The molecule has 142 valence electrons. The number of pyridine rings is 1. The first-order valence-corrected chi connectivity index (χ1v) is 10.3. The first-order chi connectivity index (χ1) is 11.8. The summed E-state index contributed by atoms with van der Waals surface area (Å²) in [5.41, 5.74) is 1.12. The van der Waals surface area contributed by atoms with Crippen LogP contribution in [0, 0.1) is 0 Å². The Bertz CT molecular complexity index is 492. The molecule has 1 aromatic heterocycles. The normalized spacial score (nSPS) is 14.9. The van der Waals surface area contributed by atoms with Gasteiger partial charge in [0.25, 0.3) is 0 Å². The van der Waals surface area contributed by atoms with Gasteiger partial charge in [0, 0.05) is 32.4 Å². The van der Waals surface area contributed by atoms with Gasteiger partial charge in [0.15, 0.2) is 5.96 Å². The van der Waals surface area contributed by atoms with Crippen LogP contribution in [0.25, 0.3) is 0 Å². The first kappa shape index (κ1) is 22.3. The van der Waals surface area contributed by atoms with Gasteiger partial charge in [0.2, 0.25) is 5.88 Å². The third kappa shape index (κ3) is 8.99. The average molecular weight is 478 g/mol. The molecule has 0 bridgehead atoms. The molecule has 0 spiro atoms. The number of thioether (sulfide) groups is 1. The van der Waals surface area contributed by atoms with Crippen LogP contribution in [0.1, 0.15) is 44.1 Å². The second kappa shape index (κ2) is 13.5. The highest BCUT2D eigenvalue weighted by molar-refractivity contribution is 14.0. The van der Waals surface area contributed by atoms with Crippen molar-refractivity contribution in [1.82, 2.24) is 15.6 Å². The Morgan fingerprint density at radius 1 is 1.28 bits per heavy atom. The summed E-state index contributed by atoms with van der Waals surface area (Å²) in [5, 5.41) is 6.66. The van der Waals surface area contributed by atoms with Gasteiger partial charge < -0.3 is 15.4 Å². The molecule has 1 saturated carbocycles. The Labute approximate surface area is 173 Å². The Morgan fingerprint density at radius 2 is 2.08 bits per heavy atom. The minimum absolute atomic E-state index is 0. The fraction of sp³-hybridized carbons (Fsp3) is 0.667. The maximum Gasteiger partial charge on any atom is 0.213 e. The number of ether oxygens (including phenoxy) is 1. The monoisotopic (exact) mass is 478 g/mol. The fourth-order valence-electron chi connectivity index (χ4n) is 2.75. The number of guanidine groups is 1. The summed E-state index contributed by atoms with van der Waals surface area (Å²) in [7, 11) is 1.80. The topological polar surface area (TPSA) is 58.5 Å². The van der Waals surface area contributed by atoms with Crippen molar-refractivity contribution in [2.75, 3.05) is 25.6 Å². The number of aromatic nitrogens is 1. The molecule has 1 aliphatic rings. The van der Waals surface area contributed by atoms with E-state index in [1.807, 2.05) is 24.0 Å². The van der Waals surface area contributed by atoms with Gasteiger partial charge in [-0.05, 0) is 56.1 Å². The third-order valence-corrected chi connectivity index (χ3v) is 4.84. The molecule has 0 atom stereocenters. The van der Waals surface area contributed by atoms with Crippen molar-refractivity contribution in [2.24, 2.45) is 4.99 Å². The van der Waals surface area contributed by atoms with Gasteiger partial charge in [0.05, 0.1) is 0 Å². The molecule has 2 rings (SSSR count). The summed E-state index contributed by atoms with van der Waals surface area (Å²) in [5.74, 6) is 2.79. The van der Waals surface area contributed by atoms with Crippen LogP contribution >= 0.6 is 35.7 Å². The van der Waals surface area contributed by atoms with Crippen molar-refractivity contribution in [3.8, 4) is 5.88 Å². The zero-order valence-electron chi connectivity index (χ0n) is 15.3. The molecule has 0 saturated heterocycles. The van der Waals surface area contributed by atoms with Crippen LogP contribution in [0.5, 0.6) is 5.88 Å². The van der Waals surface area contributed by atoms with E-state index in [-0.39, 0.29) is 24.0 Å². The lowest BCUT2D eigenvalue weighted by Gasteiger charge is -2.13. The van der Waals surface area contributed by atoms with E-state index in [2.05, 4.69) is 32.9 Å². The van der Waals surface area contributed by atoms with Gasteiger partial charge in [-0.2, -0.15) is 11.8 Å². The minimum Gasteiger partial charge on any atom is -0.474 e. The molecule has 0 aromatic carbocycles. The second-order valence-electron chi connectivity index (χ2n) is 6.08. The van der Waals surface area contributed by atoms with Crippen molar-refractivity contribution in [3.05, 3.63) is 23.9 Å². The van der Waals surface area contributed by atoms with Crippen LogP contribution in [0.2, 0.25) is 0 Å². The van der Waals surface area contributed by atoms with E-state index in [0.717, 1.165) is 43.2 Å². The summed E-state index contributed by atoms with van der Waals surface area (Å²) < 4.78 is 5.89. The van der Waals surface area contributed by atoms with Gasteiger partial charge in [-0.25, -0.2) is 4.98 Å². The number of nitrogens with one attached hydrogen (secondary N) is 2. The molecule has 1 aromatic rings. The van der Waals surface area contributed by atoms with Gasteiger partial charge >= 0.3 is 0 Å². The Hall–Kier alpha value is -0.700. The van der Waals surface area contributed by atoms with E-state index in [0.29, 0.717) is 12.6 Å². The van der Waals surface area contributed by atoms with Crippen molar-refractivity contribution < 1.29 is 4.74 Å². The Morgan fingerprint density at radius 3 is 2.72 bits per heavy atom. The number of rotatable bonds is 9. The summed E-state index contributed by atoms with van der Waals surface area (Å²) in [6, 6.07) is 4.03. The second-order valence-corrected chi connectivity index (χ2v) is 7.07. The quantitative estimate of drug-likeness (QED) is 0.245. The van der Waals surface area contributed by atoms with Crippen molar-refractivity contribution in [3.63, 3.8) is 0 Å². The van der Waals surface area contributed by atoms with Gasteiger partial charge in [-0.15, -0.1) is 24.0 Å². The van der Waals surface area contributed by atoms with E-state index in [9.17, 15) is 0 Å². The van der Waals surface area contributed by atoms with E-state index >= 15 is 0 Å². The molecule has 25 heavy (non-hydrogen) atoms. The molecule has 1 aliphatic carbocycles. The highest BCUT2D eigenvalue weighted by atomic mass is 127. The van der Waals surface area contributed by atoms with E-state index in [1.54, 1.807) is 7.05 Å².